The van der Waals surface area contributed by atoms with Crippen molar-refractivity contribution >= 4 is 44.1 Å². The number of aromatic nitrogens is 6. The van der Waals surface area contributed by atoms with Gasteiger partial charge >= 0.3 is 0 Å². The average molecular weight is 463 g/mol. The smallest absolute Gasteiger partial charge is 0.167 e. The maximum Gasteiger partial charge on any atom is 0.167 e. The molecular weight excluding hydrogens is 444 g/mol. The topological polar surface area (TPSA) is 110 Å². The average Bonchev–Trinajstić information content (AvgIpc) is 3.41. The lowest BCUT2D eigenvalue weighted by molar-refractivity contribution is 0.938. The Kier molecular flexibility index (Phi) is 4.59. The summed E-state index contributed by atoms with van der Waals surface area (Å²) in [6, 6.07) is 10.1. The molecule has 0 bridgehead atoms. The number of aromatic amines is 1. The van der Waals surface area contributed by atoms with Crippen LogP contribution in [0.25, 0.3) is 27.7 Å². The molecule has 0 aliphatic rings. The van der Waals surface area contributed by atoms with Gasteiger partial charge < -0.3 is 11.1 Å². The van der Waals surface area contributed by atoms with Crippen molar-refractivity contribution in [1.82, 2.24) is 29.8 Å². The minimum absolute atomic E-state index is 0.477. The molecule has 0 atom stereocenters. The number of hydrogen-bond donors (Lipinski definition) is 3. The molecule has 0 amide bonds. The fraction of sp³-hybridized carbons (Fsp3) is 0.143. The van der Waals surface area contributed by atoms with Crippen LogP contribution in [0, 0.1) is 0 Å². The van der Waals surface area contributed by atoms with E-state index in [1.54, 1.807) is 10.7 Å². The standard InChI is InChI=1S/C21H19BrN8/c1-2-16-14(10-26-29-16)9-25-20-18(22)19(23)30-21(28-20)15(11-27-30)13-7-12-5-3-4-6-17(12)24-8-13/h3-8,10-11H,2,9,23H2,1H3,(H,25,28)(H,26,29). The van der Waals surface area contributed by atoms with Crippen LogP contribution in [-0.2, 0) is 13.0 Å². The number of H-pyrrole nitrogens is 1. The minimum atomic E-state index is 0.477. The van der Waals surface area contributed by atoms with E-state index in [0.29, 0.717) is 28.3 Å². The van der Waals surface area contributed by atoms with Gasteiger partial charge in [0.05, 0.1) is 17.9 Å². The van der Waals surface area contributed by atoms with Gasteiger partial charge in [0, 0.05) is 40.5 Å². The molecule has 4 aromatic heterocycles. The first-order valence-corrected chi connectivity index (χ1v) is 10.4. The minimum Gasteiger partial charge on any atom is -0.383 e. The molecule has 0 radical (unpaired) electrons. The third kappa shape index (κ3) is 3.07. The molecule has 0 saturated carbocycles. The number of fused-ring (bicyclic) bond motifs is 2. The molecule has 1 aromatic carbocycles. The number of para-hydroxylation sites is 1. The summed E-state index contributed by atoms with van der Waals surface area (Å²) in [7, 11) is 0. The number of rotatable bonds is 5. The summed E-state index contributed by atoms with van der Waals surface area (Å²) in [4.78, 5) is 9.38. The molecule has 0 aliphatic heterocycles. The quantitative estimate of drug-likeness (QED) is 0.361. The number of halogens is 1. The monoisotopic (exact) mass is 462 g/mol. The van der Waals surface area contributed by atoms with E-state index < -0.39 is 0 Å². The van der Waals surface area contributed by atoms with Gasteiger partial charge in [0.15, 0.2) is 5.65 Å². The molecule has 5 aromatic rings. The molecule has 0 unspecified atom stereocenters. The van der Waals surface area contributed by atoms with E-state index in [0.717, 1.165) is 39.7 Å². The van der Waals surface area contributed by atoms with E-state index in [9.17, 15) is 0 Å². The first-order chi connectivity index (χ1) is 14.7. The number of hydrogen-bond acceptors (Lipinski definition) is 6. The van der Waals surface area contributed by atoms with Gasteiger partial charge in [-0.25, -0.2) is 4.98 Å². The van der Waals surface area contributed by atoms with E-state index in [-0.39, 0.29) is 0 Å². The van der Waals surface area contributed by atoms with Crippen LogP contribution in [0.4, 0.5) is 11.6 Å². The third-order valence-corrected chi connectivity index (χ3v) is 5.91. The van der Waals surface area contributed by atoms with Crippen molar-refractivity contribution in [3.63, 3.8) is 0 Å². The lowest BCUT2D eigenvalue weighted by atomic mass is 10.1. The van der Waals surface area contributed by atoms with Crippen LogP contribution in [0.15, 0.2) is 53.4 Å². The largest absolute Gasteiger partial charge is 0.383 e. The molecule has 30 heavy (non-hydrogen) atoms. The molecule has 0 saturated heterocycles. The van der Waals surface area contributed by atoms with Gasteiger partial charge in [-0.15, -0.1) is 0 Å². The lowest BCUT2D eigenvalue weighted by Gasteiger charge is -2.11. The third-order valence-electron chi connectivity index (χ3n) is 5.13. The van der Waals surface area contributed by atoms with Crippen molar-refractivity contribution in [2.75, 3.05) is 11.1 Å². The van der Waals surface area contributed by atoms with Crippen molar-refractivity contribution in [1.29, 1.82) is 0 Å². The van der Waals surface area contributed by atoms with Crippen LogP contribution in [-0.4, -0.2) is 29.8 Å². The zero-order valence-electron chi connectivity index (χ0n) is 16.2. The zero-order valence-corrected chi connectivity index (χ0v) is 17.8. The first kappa shape index (κ1) is 18.6. The predicted octanol–water partition coefficient (Wildman–Crippen LogP) is 4.19. The second kappa shape index (κ2) is 7.42. The van der Waals surface area contributed by atoms with Crippen LogP contribution in [0.3, 0.4) is 0 Å². The number of nitrogen functional groups attached to an aromatic ring is 1. The number of nitrogens with one attached hydrogen (secondary N) is 2. The highest BCUT2D eigenvalue weighted by Crippen LogP contribution is 2.33. The van der Waals surface area contributed by atoms with Crippen LogP contribution in [0.2, 0.25) is 0 Å². The maximum absolute atomic E-state index is 6.35. The zero-order chi connectivity index (χ0) is 20.7. The second-order valence-corrected chi connectivity index (χ2v) is 7.74. The van der Waals surface area contributed by atoms with Crippen molar-refractivity contribution < 1.29 is 0 Å². The Labute approximate surface area is 180 Å². The summed E-state index contributed by atoms with van der Waals surface area (Å²) in [6.07, 6.45) is 6.32. The van der Waals surface area contributed by atoms with E-state index in [2.05, 4.69) is 54.5 Å². The number of benzene rings is 1. The number of aryl methyl sites for hydroxylation is 1. The Morgan fingerprint density at radius 3 is 2.93 bits per heavy atom. The van der Waals surface area contributed by atoms with E-state index >= 15 is 0 Å². The van der Waals surface area contributed by atoms with E-state index in [4.69, 9.17) is 10.7 Å². The molecular formula is C21H19BrN8. The fourth-order valence-electron chi connectivity index (χ4n) is 3.51. The van der Waals surface area contributed by atoms with Crippen LogP contribution in [0.5, 0.6) is 0 Å². The number of anilines is 2. The van der Waals surface area contributed by atoms with Gasteiger partial charge in [-0.1, -0.05) is 25.1 Å². The Morgan fingerprint density at radius 1 is 1.20 bits per heavy atom. The maximum atomic E-state index is 6.35. The normalized spacial score (nSPS) is 11.4. The summed E-state index contributed by atoms with van der Waals surface area (Å²) in [5, 5.41) is 16.0. The summed E-state index contributed by atoms with van der Waals surface area (Å²) >= 11 is 3.55. The van der Waals surface area contributed by atoms with Crippen molar-refractivity contribution in [3.05, 3.63) is 64.7 Å². The molecule has 0 aliphatic carbocycles. The molecule has 150 valence electrons. The Morgan fingerprint density at radius 2 is 2.07 bits per heavy atom. The van der Waals surface area contributed by atoms with E-state index in [1.165, 1.54) is 0 Å². The molecule has 0 fully saturated rings. The van der Waals surface area contributed by atoms with Gasteiger partial charge in [0.2, 0.25) is 0 Å². The fourth-order valence-corrected chi connectivity index (χ4v) is 3.91. The van der Waals surface area contributed by atoms with Gasteiger partial charge in [0.25, 0.3) is 0 Å². The Hall–Kier alpha value is -3.46. The van der Waals surface area contributed by atoms with E-state index in [1.807, 2.05) is 36.7 Å². The molecule has 4 N–H and O–H groups in total. The molecule has 4 heterocycles. The van der Waals surface area contributed by atoms with Gasteiger partial charge in [-0.3, -0.25) is 10.1 Å². The highest BCUT2D eigenvalue weighted by molar-refractivity contribution is 9.10. The Bertz CT molecular complexity index is 1370. The summed E-state index contributed by atoms with van der Waals surface area (Å²) in [5.74, 6) is 1.13. The van der Waals surface area contributed by atoms with Crippen molar-refractivity contribution in [2.24, 2.45) is 0 Å². The summed E-state index contributed by atoms with van der Waals surface area (Å²) < 4.78 is 2.30. The van der Waals surface area contributed by atoms with Gasteiger partial charge in [0.1, 0.15) is 16.1 Å². The predicted molar refractivity (Wildman–Crippen MR) is 121 cm³/mol. The molecule has 9 heteroatoms. The first-order valence-electron chi connectivity index (χ1n) is 9.58. The van der Waals surface area contributed by atoms with Crippen LogP contribution < -0.4 is 11.1 Å². The number of nitrogens with zero attached hydrogens (tertiary/aromatic N) is 5. The number of nitrogens with two attached hydrogens (primary N) is 1. The van der Waals surface area contributed by atoms with Gasteiger partial charge in [-0.05, 0) is 34.5 Å². The molecule has 0 spiro atoms. The number of pyridine rings is 1. The Balaban J connectivity index is 1.57. The van der Waals surface area contributed by atoms with Crippen LogP contribution in [0.1, 0.15) is 18.2 Å². The SMILES string of the molecule is CCc1[nH]ncc1CNc1nc2c(-c3cnc4ccccc4c3)cnn2c(N)c1Br. The van der Waals surface area contributed by atoms with Crippen molar-refractivity contribution in [2.45, 2.75) is 19.9 Å². The highest BCUT2D eigenvalue weighted by atomic mass is 79.9. The summed E-state index contributed by atoms with van der Waals surface area (Å²) in [5.41, 5.74) is 12.0. The van der Waals surface area contributed by atoms with Crippen molar-refractivity contribution in [3.8, 4) is 11.1 Å². The lowest BCUT2D eigenvalue weighted by Crippen LogP contribution is -2.08. The summed E-state index contributed by atoms with van der Waals surface area (Å²) in [6.45, 7) is 2.67. The second-order valence-electron chi connectivity index (χ2n) is 6.95. The molecule has 5 rings (SSSR count). The van der Waals surface area contributed by atoms with Crippen LogP contribution >= 0.6 is 15.9 Å². The molecule has 8 nitrogen and oxygen atoms in total. The highest BCUT2D eigenvalue weighted by Gasteiger charge is 2.17. The van der Waals surface area contributed by atoms with Gasteiger partial charge in [-0.2, -0.15) is 14.7 Å².